The molecule has 4 aliphatic rings. The number of benzene rings is 1. The number of rotatable bonds is 5. The van der Waals surface area contributed by atoms with Crippen molar-refractivity contribution in [3.05, 3.63) is 28.3 Å². The van der Waals surface area contributed by atoms with Gasteiger partial charge < -0.3 is 35.6 Å². The summed E-state index contributed by atoms with van der Waals surface area (Å²) < 4.78 is 55.7. The Morgan fingerprint density at radius 3 is 2.63 bits per heavy atom. The maximum absolute atomic E-state index is 14.4. The molecule has 1 aromatic carbocycles. The van der Waals surface area contributed by atoms with Crippen molar-refractivity contribution in [1.82, 2.24) is 24.8 Å². The van der Waals surface area contributed by atoms with Crippen LogP contribution in [0.25, 0.3) is 22.2 Å². The van der Waals surface area contributed by atoms with E-state index in [0.29, 0.717) is 43.0 Å². The molecule has 1 saturated carbocycles. The Bertz CT molecular complexity index is 1710. The van der Waals surface area contributed by atoms with Gasteiger partial charge in [-0.1, -0.05) is 11.6 Å². The zero-order valence-electron chi connectivity index (χ0n) is 25.6. The molecule has 46 heavy (non-hydrogen) atoms. The number of amides is 1. The Morgan fingerprint density at radius 2 is 1.96 bits per heavy atom. The summed E-state index contributed by atoms with van der Waals surface area (Å²) in [6.07, 6.45) is -1.11. The SMILES string of the molecule is Cc1cc(N)nc(-c2cc3nc(OC[C@@H]4CCCN4C)nc4c3c(c2Cl)OC[C@@H]2CN(C(=O)[C@@H]3CC[C@H]3N)CCN42)c1C(F)(F)F. The van der Waals surface area contributed by atoms with E-state index in [-0.39, 0.29) is 70.3 Å². The van der Waals surface area contributed by atoms with Crippen LogP contribution in [0.1, 0.15) is 36.8 Å². The van der Waals surface area contributed by atoms with Gasteiger partial charge in [0.15, 0.2) is 5.75 Å². The minimum absolute atomic E-state index is 0.0198. The molecular formula is C31H36ClF3N8O3. The molecule has 2 saturated heterocycles. The lowest BCUT2D eigenvalue weighted by molar-refractivity contribution is -0.140. The average molecular weight is 661 g/mol. The molecule has 1 aliphatic carbocycles. The molecule has 3 aromatic rings. The van der Waals surface area contributed by atoms with Crippen LogP contribution in [-0.2, 0) is 11.0 Å². The summed E-state index contributed by atoms with van der Waals surface area (Å²) in [6.45, 7) is 4.02. The van der Waals surface area contributed by atoms with Crippen LogP contribution in [-0.4, -0.2) is 95.2 Å². The number of nitrogens with two attached hydrogens (primary N) is 2. The Kier molecular flexibility index (Phi) is 7.80. The number of likely N-dealkylation sites (tertiary alicyclic amines) is 1. The topological polar surface area (TPSA) is 136 Å². The molecule has 4 N–H and O–H groups in total. The van der Waals surface area contributed by atoms with Crippen molar-refractivity contribution in [3.8, 4) is 23.0 Å². The lowest BCUT2D eigenvalue weighted by atomic mass is 9.79. The number of halogens is 4. The van der Waals surface area contributed by atoms with E-state index in [1.165, 1.54) is 19.1 Å². The summed E-state index contributed by atoms with van der Waals surface area (Å²) in [5.41, 5.74) is 10.9. The normalized spacial score (nSPS) is 24.8. The number of anilines is 2. The molecule has 2 aromatic heterocycles. The molecule has 3 fully saturated rings. The predicted molar refractivity (Wildman–Crippen MR) is 167 cm³/mol. The largest absolute Gasteiger partial charge is 0.489 e. The molecule has 5 heterocycles. The number of ether oxygens (including phenoxy) is 2. The fourth-order valence-electron chi connectivity index (χ4n) is 7.11. The molecule has 246 valence electrons. The third-order valence-electron chi connectivity index (χ3n) is 9.82. The second-order valence-electron chi connectivity index (χ2n) is 12.8. The van der Waals surface area contributed by atoms with E-state index in [0.717, 1.165) is 32.2 Å². The third-order valence-corrected chi connectivity index (χ3v) is 10.2. The Balaban J connectivity index is 1.34. The van der Waals surface area contributed by atoms with Gasteiger partial charge in [-0.2, -0.15) is 23.1 Å². The van der Waals surface area contributed by atoms with Crippen molar-refractivity contribution in [2.45, 2.75) is 56.9 Å². The van der Waals surface area contributed by atoms with Gasteiger partial charge in [-0.3, -0.25) is 4.79 Å². The molecule has 1 amide bonds. The molecule has 0 bridgehead atoms. The van der Waals surface area contributed by atoms with Crippen molar-refractivity contribution in [2.75, 3.05) is 57.1 Å². The van der Waals surface area contributed by atoms with Gasteiger partial charge in [0.1, 0.15) is 24.8 Å². The Labute approximate surface area is 269 Å². The quantitative estimate of drug-likeness (QED) is 0.415. The molecule has 0 unspecified atom stereocenters. The fraction of sp³-hybridized carbons (Fsp3) is 0.548. The van der Waals surface area contributed by atoms with E-state index in [1.54, 1.807) is 0 Å². The number of fused-ring (bicyclic) bond motifs is 2. The van der Waals surface area contributed by atoms with Crippen molar-refractivity contribution < 1.29 is 27.4 Å². The first kappa shape index (κ1) is 31.0. The fourth-order valence-corrected chi connectivity index (χ4v) is 7.41. The summed E-state index contributed by atoms with van der Waals surface area (Å²) in [5, 5.41) is 0.395. The molecule has 0 radical (unpaired) electrons. The Hall–Kier alpha value is -3.62. The third kappa shape index (κ3) is 5.33. The smallest absolute Gasteiger partial charge is 0.418 e. The number of nitrogens with zero attached hydrogens (tertiary/aromatic N) is 6. The van der Waals surface area contributed by atoms with E-state index in [2.05, 4.69) is 19.8 Å². The van der Waals surface area contributed by atoms with E-state index in [1.807, 2.05) is 11.9 Å². The highest BCUT2D eigenvalue weighted by atomic mass is 35.5. The Morgan fingerprint density at radius 1 is 1.15 bits per heavy atom. The molecular weight excluding hydrogens is 625 g/mol. The van der Waals surface area contributed by atoms with Crippen LogP contribution >= 0.6 is 11.6 Å². The zero-order chi connectivity index (χ0) is 32.5. The number of nitrogen functional groups attached to an aromatic ring is 1. The van der Waals surface area contributed by atoms with E-state index in [9.17, 15) is 18.0 Å². The van der Waals surface area contributed by atoms with Crippen LogP contribution in [0.2, 0.25) is 5.02 Å². The number of alkyl halides is 3. The minimum Gasteiger partial charge on any atom is -0.489 e. The van der Waals surface area contributed by atoms with Crippen molar-refractivity contribution in [2.24, 2.45) is 11.7 Å². The van der Waals surface area contributed by atoms with Crippen LogP contribution in [0.4, 0.5) is 24.8 Å². The first-order valence-corrected chi connectivity index (χ1v) is 15.9. The summed E-state index contributed by atoms with van der Waals surface area (Å²) >= 11 is 6.93. The number of piperazine rings is 1. The van der Waals surface area contributed by atoms with Crippen LogP contribution < -0.4 is 25.8 Å². The number of carbonyl (C=O) groups excluding carboxylic acids is 1. The molecule has 15 heteroatoms. The molecule has 7 rings (SSSR count). The molecule has 3 aliphatic heterocycles. The second-order valence-corrected chi connectivity index (χ2v) is 13.1. The minimum atomic E-state index is -4.73. The van der Waals surface area contributed by atoms with Gasteiger partial charge in [0.2, 0.25) is 5.91 Å². The van der Waals surface area contributed by atoms with Gasteiger partial charge in [-0.25, -0.2) is 4.98 Å². The zero-order valence-corrected chi connectivity index (χ0v) is 26.4. The van der Waals surface area contributed by atoms with Gasteiger partial charge >= 0.3 is 12.2 Å². The van der Waals surface area contributed by atoms with Crippen LogP contribution in [0.5, 0.6) is 11.8 Å². The summed E-state index contributed by atoms with van der Waals surface area (Å²) in [6, 6.07) is 2.48. The van der Waals surface area contributed by atoms with Crippen LogP contribution in [0.3, 0.4) is 0 Å². The highest BCUT2D eigenvalue weighted by Crippen LogP contribution is 2.49. The number of hydrogen-bond acceptors (Lipinski definition) is 10. The standard InChI is InChI=1S/C31H36ClF3N8O3/c1-15-10-22(37)39-26(24(15)31(33,34)35)19-11-21-23-27(25(19)32)45-14-17-12-42(29(44)18-5-6-20(18)36)8-9-43(17)28(23)40-30(38-21)46-13-16-4-3-7-41(16)2/h10-11,16-18,20H,3-9,12-14,36H2,1-2H3,(H2,37,39)/t16-,17-,18+,20+/m0/s1. The maximum atomic E-state index is 14.4. The monoisotopic (exact) mass is 660 g/mol. The van der Waals surface area contributed by atoms with Gasteiger partial charge in [-0.15, -0.1) is 0 Å². The first-order chi connectivity index (χ1) is 21.9. The number of pyridine rings is 1. The van der Waals surface area contributed by atoms with Crippen LogP contribution in [0.15, 0.2) is 12.1 Å². The highest BCUT2D eigenvalue weighted by molar-refractivity contribution is 6.36. The first-order valence-electron chi connectivity index (χ1n) is 15.6. The van der Waals surface area contributed by atoms with E-state index >= 15 is 0 Å². The second kappa shape index (κ2) is 11.6. The van der Waals surface area contributed by atoms with Gasteiger partial charge in [0.25, 0.3) is 0 Å². The molecule has 11 nitrogen and oxygen atoms in total. The lowest BCUT2D eigenvalue weighted by Crippen LogP contribution is -2.60. The van der Waals surface area contributed by atoms with Gasteiger partial charge in [0.05, 0.1) is 39.1 Å². The number of likely N-dealkylation sites (N-methyl/N-ethyl adjacent to an activating group) is 1. The van der Waals surface area contributed by atoms with E-state index in [4.69, 9.17) is 37.5 Å². The highest BCUT2D eigenvalue weighted by Gasteiger charge is 2.42. The lowest BCUT2D eigenvalue weighted by Gasteiger charge is -2.44. The molecule has 0 spiro atoms. The molecule has 4 atom stereocenters. The maximum Gasteiger partial charge on any atom is 0.418 e. The summed E-state index contributed by atoms with van der Waals surface area (Å²) in [7, 11) is 2.04. The van der Waals surface area contributed by atoms with Crippen molar-refractivity contribution in [3.63, 3.8) is 0 Å². The summed E-state index contributed by atoms with van der Waals surface area (Å²) in [4.78, 5) is 33.0. The average Bonchev–Trinajstić information content (AvgIpc) is 3.33. The predicted octanol–water partition coefficient (Wildman–Crippen LogP) is 3.87. The van der Waals surface area contributed by atoms with E-state index < -0.39 is 17.4 Å². The summed E-state index contributed by atoms with van der Waals surface area (Å²) in [5.74, 6) is 0.398. The van der Waals surface area contributed by atoms with Crippen molar-refractivity contribution in [1.29, 1.82) is 0 Å². The van der Waals surface area contributed by atoms with Gasteiger partial charge in [0, 0.05) is 37.3 Å². The van der Waals surface area contributed by atoms with Crippen LogP contribution in [0, 0.1) is 12.8 Å². The number of carbonyl (C=O) groups is 1. The van der Waals surface area contributed by atoms with Crippen molar-refractivity contribution >= 4 is 40.0 Å². The number of aryl methyl sites for hydroxylation is 1. The number of hydrogen-bond donors (Lipinski definition) is 2. The van der Waals surface area contributed by atoms with Gasteiger partial charge in [-0.05, 0) is 63.9 Å². The number of aromatic nitrogens is 3.